The van der Waals surface area contributed by atoms with E-state index in [4.69, 9.17) is 28.7 Å². The first kappa shape index (κ1) is 74.4. The molecule has 0 aromatic carbocycles. The van der Waals surface area contributed by atoms with E-state index in [1.54, 1.807) is 13.8 Å². The highest BCUT2D eigenvalue weighted by Gasteiger charge is 2.39. The number of carbonyl (C=O) groups is 16. The molecule has 0 aromatic heterocycles. The fourth-order valence-electron chi connectivity index (χ4n) is 7.18. The first-order valence-electron chi connectivity index (χ1n) is 25.8. The highest BCUT2D eigenvalue weighted by atomic mass is 16.4. The molecule has 0 spiro atoms. The Kier molecular flexibility index (Phi) is 32.8. The van der Waals surface area contributed by atoms with Crippen molar-refractivity contribution in [3.05, 3.63) is 0 Å². The molecule has 13 atom stereocenters. The lowest BCUT2D eigenvalue weighted by Crippen LogP contribution is -2.63. The molecule has 36 heteroatoms. The number of aliphatic hydroxyl groups is 3. The number of rotatable bonds is 40. The van der Waals surface area contributed by atoms with Crippen molar-refractivity contribution >= 4 is 94.6 Å². The molecule has 0 aromatic rings. The van der Waals surface area contributed by atoms with Crippen LogP contribution >= 0.6 is 0 Å². The summed E-state index contributed by atoms with van der Waals surface area (Å²) in [6, 6.07) is -19.5. The van der Waals surface area contributed by atoms with E-state index in [0.717, 1.165) is 6.92 Å². The second-order valence-electron chi connectivity index (χ2n) is 19.6. The minimum absolute atomic E-state index is 0.0702. The first-order valence-corrected chi connectivity index (χ1v) is 25.8. The number of carbonyl (C=O) groups excluding carboxylic acids is 14. The van der Waals surface area contributed by atoms with Gasteiger partial charge in [0.05, 0.1) is 44.6 Å². The number of carboxylic acid groups (broad SMARTS) is 2. The predicted octanol–water partition coefficient (Wildman–Crippen LogP) is -10.5. The van der Waals surface area contributed by atoms with E-state index in [-0.39, 0.29) is 31.6 Å². The van der Waals surface area contributed by atoms with E-state index in [0.29, 0.717) is 0 Å². The van der Waals surface area contributed by atoms with Gasteiger partial charge >= 0.3 is 11.9 Å². The Morgan fingerprint density at radius 3 is 1.24 bits per heavy atom. The molecular formula is C47H79N15O21. The molecule has 0 fully saturated rings. The Bertz CT molecular complexity index is 2370. The lowest BCUT2D eigenvalue weighted by molar-refractivity contribution is -0.144. The van der Waals surface area contributed by atoms with Crippen molar-refractivity contribution in [1.29, 1.82) is 0 Å². The van der Waals surface area contributed by atoms with Gasteiger partial charge < -0.3 is 107 Å². The topological polar surface area (TPSA) is 625 Å². The van der Waals surface area contributed by atoms with Gasteiger partial charge in [0.2, 0.25) is 82.7 Å². The second-order valence-corrected chi connectivity index (χ2v) is 19.6. The van der Waals surface area contributed by atoms with Crippen LogP contribution in [-0.2, 0) is 76.7 Å². The van der Waals surface area contributed by atoms with Crippen LogP contribution < -0.4 is 81.8 Å². The average Bonchev–Trinajstić information content (AvgIpc) is 3.41. The molecule has 0 heterocycles. The summed E-state index contributed by atoms with van der Waals surface area (Å²) in [4.78, 5) is 204. The fraction of sp³-hybridized carbons (Fsp3) is 0.660. The number of aliphatic hydroxyl groups excluding tert-OH is 3. The van der Waals surface area contributed by atoms with Gasteiger partial charge in [-0.05, 0) is 44.9 Å². The van der Waals surface area contributed by atoms with E-state index in [1.807, 2.05) is 0 Å². The predicted molar refractivity (Wildman–Crippen MR) is 282 cm³/mol. The van der Waals surface area contributed by atoms with Gasteiger partial charge in [-0.1, -0.05) is 34.1 Å². The van der Waals surface area contributed by atoms with Crippen LogP contribution in [0, 0.1) is 11.8 Å². The van der Waals surface area contributed by atoms with Crippen molar-refractivity contribution in [2.45, 2.75) is 172 Å². The van der Waals surface area contributed by atoms with Gasteiger partial charge in [-0.3, -0.25) is 71.9 Å². The maximum atomic E-state index is 14.0. The molecule has 0 aliphatic carbocycles. The van der Waals surface area contributed by atoms with E-state index in [9.17, 15) is 102 Å². The average molecular weight is 1190 g/mol. The van der Waals surface area contributed by atoms with Crippen LogP contribution in [0.3, 0.4) is 0 Å². The molecule has 0 aliphatic heterocycles. The number of nitrogens with one attached hydrogen (secondary N) is 10. The number of aliphatic carboxylic acids is 2. The minimum Gasteiger partial charge on any atom is -0.481 e. The third-order valence-corrected chi connectivity index (χ3v) is 12.0. The maximum Gasteiger partial charge on any atom is 0.326 e. The normalized spacial score (nSPS) is 15.7. The molecule has 0 aliphatic rings. The van der Waals surface area contributed by atoms with Crippen LogP contribution in [0.15, 0.2) is 0 Å². The van der Waals surface area contributed by atoms with Gasteiger partial charge in [0.15, 0.2) is 0 Å². The zero-order chi connectivity index (χ0) is 64.2. The quantitative estimate of drug-likeness (QED) is 0.0271. The molecule has 0 radical (unpaired) electrons. The Balaban J connectivity index is 6.58. The van der Waals surface area contributed by atoms with Gasteiger partial charge in [0.1, 0.15) is 60.4 Å². The van der Waals surface area contributed by atoms with E-state index >= 15 is 0 Å². The molecule has 0 saturated carbocycles. The summed E-state index contributed by atoms with van der Waals surface area (Å²) >= 11 is 0. The van der Waals surface area contributed by atoms with Gasteiger partial charge in [-0.15, -0.1) is 0 Å². The molecule has 83 heavy (non-hydrogen) atoms. The van der Waals surface area contributed by atoms with Crippen molar-refractivity contribution < 1.29 is 102 Å². The van der Waals surface area contributed by atoms with E-state index in [2.05, 4.69) is 53.2 Å². The van der Waals surface area contributed by atoms with Crippen LogP contribution in [0.25, 0.3) is 0 Å². The van der Waals surface area contributed by atoms with E-state index < -0.39 is 218 Å². The molecule has 0 rings (SSSR count). The summed E-state index contributed by atoms with van der Waals surface area (Å²) in [7, 11) is 0. The Hall–Kier alpha value is -8.64. The highest BCUT2D eigenvalue weighted by Crippen LogP contribution is 2.12. The summed E-state index contributed by atoms with van der Waals surface area (Å²) in [6.45, 7) is 6.04. The molecule has 36 nitrogen and oxygen atoms in total. The van der Waals surface area contributed by atoms with Gasteiger partial charge in [-0.2, -0.15) is 0 Å². The third-order valence-electron chi connectivity index (χ3n) is 12.0. The lowest BCUT2D eigenvalue weighted by atomic mass is 9.96. The maximum absolute atomic E-state index is 14.0. The molecule has 468 valence electrons. The number of amides is 14. The van der Waals surface area contributed by atoms with Crippen molar-refractivity contribution in [2.75, 3.05) is 13.2 Å². The van der Waals surface area contributed by atoms with Crippen molar-refractivity contribution in [3.63, 3.8) is 0 Å². The third kappa shape index (κ3) is 28.1. The SMILES string of the molecule is CC[C@H](C)[C@H](NC(=O)[C@H](CC(=O)O)NC(=O)[C@H](CCC(N)=O)NC(=O)[C@H](CO)NC(=O)[C@H](C)NC(=O)[C@@H](N)CCC(N)=O)C(=O)N[C@H](C(=O)N[C@@H](CC(N)=O)C(=O)N[C@@H](CO)C(=O)N[C@@H](CC(C)C)C(=O)N[C@@H](CC(N)=O)C(=O)O)[C@@H](C)O. The number of carboxylic acids is 2. The largest absolute Gasteiger partial charge is 0.481 e. The van der Waals surface area contributed by atoms with E-state index in [1.165, 1.54) is 20.8 Å². The highest BCUT2D eigenvalue weighted by molar-refractivity contribution is 6.00. The van der Waals surface area contributed by atoms with Crippen LogP contribution in [0.1, 0.15) is 99.3 Å². The summed E-state index contributed by atoms with van der Waals surface area (Å²) < 4.78 is 0. The molecular weight excluding hydrogens is 1110 g/mol. The van der Waals surface area contributed by atoms with Gasteiger partial charge in [-0.25, -0.2) is 4.79 Å². The van der Waals surface area contributed by atoms with Crippen LogP contribution in [0.5, 0.6) is 0 Å². The van der Waals surface area contributed by atoms with Crippen molar-refractivity contribution in [1.82, 2.24) is 53.2 Å². The zero-order valence-corrected chi connectivity index (χ0v) is 46.5. The summed E-state index contributed by atoms with van der Waals surface area (Å²) in [6.07, 6.45) is -6.62. The number of nitrogens with two attached hydrogens (primary N) is 5. The molecule has 25 N–H and O–H groups in total. The monoisotopic (exact) mass is 1190 g/mol. The fourth-order valence-corrected chi connectivity index (χ4v) is 7.18. The summed E-state index contributed by atoms with van der Waals surface area (Å²) in [5, 5.41) is 71.5. The Morgan fingerprint density at radius 1 is 0.410 bits per heavy atom. The second kappa shape index (κ2) is 36.7. The molecule has 0 saturated heterocycles. The van der Waals surface area contributed by atoms with Crippen LogP contribution in [0.4, 0.5) is 0 Å². The summed E-state index contributed by atoms with van der Waals surface area (Å²) in [5.74, 6) is -20.9. The minimum atomic E-state index is -2.09. The molecule has 0 bridgehead atoms. The lowest BCUT2D eigenvalue weighted by Gasteiger charge is -2.30. The Labute approximate surface area is 474 Å². The first-order chi connectivity index (χ1) is 38.5. The molecule has 0 unspecified atom stereocenters. The number of hydrogen-bond acceptors (Lipinski definition) is 20. The standard InChI is InChI=1S/C47H79N15O21/c1-7-19(4)35(61-42(77)26(15-34(70)71)56-39(74)23(9-11-31(50)67)54-43(78)28(16-63)59-37(72)20(5)53-38(73)22(48)8-10-30(49)66)45(80)62-36(21(6)65)46(81)57-25(13-32(51)68)41(76)60-29(17-64)44(79)55-24(12-18(2)3)40(75)58-27(47(82)83)14-33(52)69/h18-29,35-36,63-65H,7-17,48H2,1-6H3,(H2,49,66)(H2,50,67)(H2,51,68)(H2,52,69)(H,53,73)(H,54,78)(H,55,79)(H,56,74)(H,57,81)(H,58,75)(H,59,72)(H,60,76)(H,61,77)(H,62,80)(H,70,71)(H,82,83)/t19-,20-,21+,22-,23-,24-,25-,26-,27-,28-,29-,35-,36-/m0/s1. The zero-order valence-electron chi connectivity index (χ0n) is 46.5. The number of hydrogen-bond donors (Lipinski definition) is 20. The van der Waals surface area contributed by atoms with Gasteiger partial charge in [0.25, 0.3) is 0 Å². The van der Waals surface area contributed by atoms with Crippen molar-refractivity contribution in [2.24, 2.45) is 40.5 Å². The van der Waals surface area contributed by atoms with Crippen molar-refractivity contribution in [3.8, 4) is 0 Å². The summed E-state index contributed by atoms with van der Waals surface area (Å²) in [5.41, 5.74) is 26.4. The van der Waals surface area contributed by atoms with Gasteiger partial charge in [0, 0.05) is 12.8 Å². The number of primary amides is 4. The Morgan fingerprint density at radius 2 is 0.783 bits per heavy atom. The van der Waals surface area contributed by atoms with Crippen LogP contribution in [0.2, 0.25) is 0 Å². The molecule has 14 amide bonds. The van der Waals surface area contributed by atoms with Crippen LogP contribution in [-0.4, -0.2) is 206 Å². The smallest absolute Gasteiger partial charge is 0.326 e.